The lowest BCUT2D eigenvalue weighted by Crippen LogP contribution is -2.54. The zero-order valence-electron chi connectivity index (χ0n) is 11.3. The summed E-state index contributed by atoms with van der Waals surface area (Å²) in [5.41, 5.74) is 1.50. The number of aryl methyl sites for hydroxylation is 1. The molecular weight excluding hydrogens is 243 g/mol. The van der Waals surface area contributed by atoms with Crippen LogP contribution in [0.4, 0.5) is 15.8 Å². The molecule has 2 N–H and O–H groups in total. The van der Waals surface area contributed by atoms with Crippen LogP contribution in [0.5, 0.6) is 0 Å². The van der Waals surface area contributed by atoms with Crippen molar-refractivity contribution < 1.29 is 9.18 Å². The lowest BCUT2D eigenvalue weighted by molar-refractivity contribution is -0.121. The maximum absolute atomic E-state index is 13.5. The molecule has 1 saturated carbocycles. The molecule has 1 amide bonds. The summed E-state index contributed by atoms with van der Waals surface area (Å²) >= 11 is 0. The summed E-state index contributed by atoms with van der Waals surface area (Å²) in [4.78, 5) is 12.3. The van der Waals surface area contributed by atoms with Gasteiger partial charge in [0.2, 0.25) is 5.91 Å². The molecule has 2 aliphatic rings. The molecule has 1 aromatic carbocycles. The molecule has 0 bridgehead atoms. The van der Waals surface area contributed by atoms with E-state index < -0.39 is 5.54 Å². The van der Waals surface area contributed by atoms with Crippen molar-refractivity contribution in [1.82, 2.24) is 0 Å². The monoisotopic (exact) mass is 262 g/mol. The van der Waals surface area contributed by atoms with E-state index in [2.05, 4.69) is 17.6 Å². The fourth-order valence-electron chi connectivity index (χ4n) is 3.05. The third-order valence-corrected chi connectivity index (χ3v) is 4.48. The molecule has 1 aliphatic carbocycles. The fourth-order valence-corrected chi connectivity index (χ4v) is 3.05. The van der Waals surface area contributed by atoms with Crippen LogP contribution in [0.3, 0.4) is 0 Å². The Morgan fingerprint density at radius 2 is 1.95 bits per heavy atom. The van der Waals surface area contributed by atoms with Crippen LogP contribution in [0.25, 0.3) is 0 Å². The largest absolute Gasteiger partial charge is 0.370 e. The molecule has 1 aromatic rings. The van der Waals surface area contributed by atoms with Crippen LogP contribution in [-0.4, -0.2) is 11.4 Å². The highest BCUT2D eigenvalue weighted by Crippen LogP contribution is 2.41. The molecule has 19 heavy (non-hydrogen) atoms. The van der Waals surface area contributed by atoms with Gasteiger partial charge in [0.05, 0.1) is 11.4 Å². The Balaban J connectivity index is 1.95. The van der Waals surface area contributed by atoms with Gasteiger partial charge in [-0.05, 0) is 56.2 Å². The van der Waals surface area contributed by atoms with Crippen molar-refractivity contribution in [3.8, 4) is 0 Å². The topological polar surface area (TPSA) is 41.1 Å². The number of halogens is 1. The average molecular weight is 262 g/mol. The van der Waals surface area contributed by atoms with Crippen molar-refractivity contribution in [1.29, 1.82) is 0 Å². The van der Waals surface area contributed by atoms with E-state index in [9.17, 15) is 9.18 Å². The number of amides is 1. The number of hydrogen-bond acceptors (Lipinski definition) is 2. The van der Waals surface area contributed by atoms with Gasteiger partial charge in [0.25, 0.3) is 0 Å². The Kier molecular flexibility index (Phi) is 2.77. The van der Waals surface area contributed by atoms with Crippen molar-refractivity contribution in [3.63, 3.8) is 0 Å². The van der Waals surface area contributed by atoms with Gasteiger partial charge in [0.15, 0.2) is 0 Å². The summed E-state index contributed by atoms with van der Waals surface area (Å²) in [6, 6.07) is 3.18. The molecule has 1 spiro atoms. The highest BCUT2D eigenvalue weighted by atomic mass is 19.1. The van der Waals surface area contributed by atoms with Crippen LogP contribution >= 0.6 is 0 Å². The number of nitrogens with one attached hydrogen (secondary N) is 2. The first-order valence-corrected chi connectivity index (χ1v) is 6.90. The highest BCUT2D eigenvalue weighted by Gasteiger charge is 2.44. The number of fused-ring (bicyclic) bond motifs is 1. The first kappa shape index (κ1) is 12.5. The van der Waals surface area contributed by atoms with Gasteiger partial charge < -0.3 is 10.6 Å². The summed E-state index contributed by atoms with van der Waals surface area (Å²) in [5, 5.41) is 6.23. The summed E-state index contributed by atoms with van der Waals surface area (Å²) in [7, 11) is 0. The third-order valence-electron chi connectivity index (χ3n) is 4.48. The second-order valence-electron chi connectivity index (χ2n) is 5.99. The SMILES string of the molecule is Cc1cc2c(cc1F)NC(=O)C1(CCC(C)CC1)N2. The van der Waals surface area contributed by atoms with Gasteiger partial charge >= 0.3 is 0 Å². The molecule has 3 nitrogen and oxygen atoms in total. The minimum Gasteiger partial charge on any atom is -0.370 e. The van der Waals surface area contributed by atoms with Crippen molar-refractivity contribution in [2.75, 3.05) is 10.6 Å². The Morgan fingerprint density at radius 1 is 1.26 bits per heavy atom. The minimum absolute atomic E-state index is 0.0184. The van der Waals surface area contributed by atoms with Gasteiger partial charge in [-0.15, -0.1) is 0 Å². The fraction of sp³-hybridized carbons (Fsp3) is 0.533. The Bertz CT molecular complexity index is 533. The average Bonchev–Trinajstić information content (AvgIpc) is 2.37. The quantitative estimate of drug-likeness (QED) is 0.752. The van der Waals surface area contributed by atoms with Crippen LogP contribution in [0.2, 0.25) is 0 Å². The second kappa shape index (κ2) is 4.22. The zero-order chi connectivity index (χ0) is 13.6. The maximum atomic E-state index is 13.5. The van der Waals surface area contributed by atoms with E-state index in [0.29, 0.717) is 17.2 Å². The van der Waals surface area contributed by atoms with E-state index in [0.717, 1.165) is 31.4 Å². The third kappa shape index (κ3) is 1.99. The van der Waals surface area contributed by atoms with Gasteiger partial charge in [-0.25, -0.2) is 4.39 Å². The molecule has 1 fully saturated rings. The molecule has 4 heteroatoms. The van der Waals surface area contributed by atoms with Gasteiger partial charge in [-0.3, -0.25) is 4.79 Å². The highest BCUT2D eigenvalue weighted by molar-refractivity contribution is 6.06. The van der Waals surface area contributed by atoms with Crippen molar-refractivity contribution >= 4 is 17.3 Å². The van der Waals surface area contributed by atoms with E-state index in [-0.39, 0.29) is 11.7 Å². The molecule has 3 rings (SSSR count). The maximum Gasteiger partial charge on any atom is 0.250 e. The number of carbonyl (C=O) groups is 1. The number of anilines is 2. The number of carbonyl (C=O) groups excluding carboxylic acids is 1. The van der Waals surface area contributed by atoms with Gasteiger partial charge in [0, 0.05) is 0 Å². The molecule has 1 aliphatic heterocycles. The summed E-state index contributed by atoms with van der Waals surface area (Å²) < 4.78 is 13.5. The number of hydrogen-bond donors (Lipinski definition) is 2. The molecule has 0 atom stereocenters. The number of rotatable bonds is 0. The van der Waals surface area contributed by atoms with E-state index in [1.807, 2.05) is 0 Å². The van der Waals surface area contributed by atoms with E-state index in [4.69, 9.17) is 0 Å². The van der Waals surface area contributed by atoms with Crippen LogP contribution in [0.15, 0.2) is 12.1 Å². The van der Waals surface area contributed by atoms with Crippen LogP contribution in [0.1, 0.15) is 38.2 Å². The van der Waals surface area contributed by atoms with E-state index in [1.54, 1.807) is 13.0 Å². The minimum atomic E-state index is -0.496. The molecule has 0 unspecified atom stereocenters. The lowest BCUT2D eigenvalue weighted by Gasteiger charge is -2.42. The normalized spacial score (nSPS) is 29.6. The second-order valence-corrected chi connectivity index (χ2v) is 5.99. The van der Waals surface area contributed by atoms with Gasteiger partial charge in [-0.1, -0.05) is 6.92 Å². The first-order valence-electron chi connectivity index (χ1n) is 6.90. The molecule has 102 valence electrons. The van der Waals surface area contributed by atoms with E-state index in [1.165, 1.54) is 6.07 Å². The van der Waals surface area contributed by atoms with Gasteiger partial charge in [0.1, 0.15) is 11.4 Å². The summed E-state index contributed by atoms with van der Waals surface area (Å²) in [5.74, 6) is 0.376. The van der Waals surface area contributed by atoms with Crippen molar-refractivity contribution in [2.45, 2.75) is 45.1 Å². The Morgan fingerprint density at radius 3 is 2.63 bits per heavy atom. The summed E-state index contributed by atoms with van der Waals surface area (Å²) in [6.07, 6.45) is 3.79. The molecule has 1 heterocycles. The lowest BCUT2D eigenvalue weighted by atomic mass is 9.75. The molecule has 0 radical (unpaired) electrons. The first-order chi connectivity index (χ1) is 9.00. The zero-order valence-corrected chi connectivity index (χ0v) is 11.3. The molecule has 0 saturated heterocycles. The van der Waals surface area contributed by atoms with Crippen LogP contribution < -0.4 is 10.6 Å². The van der Waals surface area contributed by atoms with Crippen molar-refractivity contribution in [2.24, 2.45) is 5.92 Å². The molecular formula is C15H19FN2O. The standard InChI is InChI=1S/C15H19FN2O/c1-9-3-5-15(6-4-9)14(19)17-12-8-11(16)10(2)7-13(12)18-15/h7-9,18H,3-6H2,1-2H3,(H,17,19). The molecule has 0 aromatic heterocycles. The summed E-state index contributed by atoms with van der Waals surface area (Å²) in [6.45, 7) is 3.96. The predicted octanol–water partition coefficient (Wildman–Crippen LogP) is 3.45. The van der Waals surface area contributed by atoms with E-state index >= 15 is 0 Å². The predicted molar refractivity (Wildman–Crippen MR) is 73.8 cm³/mol. The smallest absolute Gasteiger partial charge is 0.250 e. The Hall–Kier alpha value is -1.58. The van der Waals surface area contributed by atoms with Crippen molar-refractivity contribution in [3.05, 3.63) is 23.5 Å². The Labute approximate surface area is 112 Å². The van der Waals surface area contributed by atoms with Crippen LogP contribution in [0, 0.1) is 18.7 Å². The van der Waals surface area contributed by atoms with Gasteiger partial charge in [-0.2, -0.15) is 0 Å². The number of benzene rings is 1. The van der Waals surface area contributed by atoms with Crippen LogP contribution in [-0.2, 0) is 4.79 Å².